The lowest BCUT2D eigenvalue weighted by Gasteiger charge is -2.37. The van der Waals surface area contributed by atoms with Crippen molar-refractivity contribution in [3.05, 3.63) is 95.8 Å². The molecule has 0 unspecified atom stereocenters. The van der Waals surface area contributed by atoms with Gasteiger partial charge in [0.1, 0.15) is 29.0 Å². The molecule has 3 aromatic carbocycles. The van der Waals surface area contributed by atoms with Gasteiger partial charge in [0.15, 0.2) is 0 Å². The zero-order valence-corrected chi connectivity index (χ0v) is 21.3. The van der Waals surface area contributed by atoms with Gasteiger partial charge in [-0.25, -0.2) is 9.97 Å². The minimum atomic E-state index is 0.217. The van der Waals surface area contributed by atoms with Crippen LogP contribution in [0.5, 0.6) is 11.5 Å². The topological polar surface area (TPSA) is 53.5 Å². The summed E-state index contributed by atoms with van der Waals surface area (Å²) < 4.78 is 5.93. The molecular formula is C29H30ClN5O. The van der Waals surface area contributed by atoms with Gasteiger partial charge in [0.2, 0.25) is 0 Å². The minimum absolute atomic E-state index is 0.217. The van der Waals surface area contributed by atoms with E-state index in [1.807, 2.05) is 72.8 Å². The Hall–Kier alpha value is -3.77. The zero-order chi connectivity index (χ0) is 24.9. The molecule has 0 atom stereocenters. The Morgan fingerprint density at radius 3 is 2.11 bits per heavy atom. The minimum Gasteiger partial charge on any atom is -0.457 e. The largest absolute Gasteiger partial charge is 0.457 e. The van der Waals surface area contributed by atoms with E-state index in [0.717, 1.165) is 60.8 Å². The molecule has 2 heterocycles. The third-order valence-electron chi connectivity index (χ3n) is 6.17. The molecule has 1 N–H and O–H groups in total. The number of anilines is 4. The Kier molecular flexibility index (Phi) is 7.23. The quantitative estimate of drug-likeness (QED) is 0.292. The first-order valence-corrected chi connectivity index (χ1v) is 12.7. The highest BCUT2D eigenvalue weighted by atomic mass is 35.5. The van der Waals surface area contributed by atoms with Crippen LogP contribution in [0.25, 0.3) is 0 Å². The second-order valence-electron chi connectivity index (χ2n) is 9.11. The van der Waals surface area contributed by atoms with E-state index in [0.29, 0.717) is 5.02 Å². The predicted molar refractivity (Wildman–Crippen MR) is 148 cm³/mol. The van der Waals surface area contributed by atoms with Crippen LogP contribution in [0.1, 0.15) is 25.6 Å². The number of nitrogens with zero attached hydrogens (tertiary/aromatic N) is 4. The average Bonchev–Trinajstić information content (AvgIpc) is 2.91. The fourth-order valence-corrected chi connectivity index (χ4v) is 4.36. The number of para-hydroxylation sites is 2. The number of aromatic nitrogens is 2. The molecule has 36 heavy (non-hydrogen) atoms. The lowest BCUT2D eigenvalue weighted by Crippen LogP contribution is -2.47. The Labute approximate surface area is 217 Å². The second kappa shape index (κ2) is 10.9. The van der Waals surface area contributed by atoms with Crippen LogP contribution in [-0.4, -0.2) is 36.1 Å². The molecule has 1 saturated heterocycles. The molecule has 1 aliphatic rings. The molecule has 0 aliphatic carbocycles. The smallest absolute Gasteiger partial charge is 0.136 e. The lowest BCUT2D eigenvalue weighted by molar-refractivity contribution is 0.482. The van der Waals surface area contributed by atoms with E-state index in [-0.39, 0.29) is 5.92 Å². The number of hydrogen-bond donors (Lipinski definition) is 1. The van der Waals surface area contributed by atoms with Gasteiger partial charge in [0.25, 0.3) is 0 Å². The van der Waals surface area contributed by atoms with E-state index in [9.17, 15) is 0 Å². The fourth-order valence-electron chi connectivity index (χ4n) is 4.18. The van der Waals surface area contributed by atoms with E-state index in [1.165, 1.54) is 5.69 Å². The standard InChI is InChI=1S/C29H30ClN5O/c1-21(2)29-32-27(31-26-11-7-6-10-25(26)30)20-28(33-29)35-18-16-34(17-19-35)22-12-14-24(15-13-22)36-23-8-4-3-5-9-23/h3-15,20-21H,16-19H2,1-2H3,(H,31,32,33). The van der Waals surface area contributed by atoms with E-state index in [2.05, 4.69) is 41.1 Å². The van der Waals surface area contributed by atoms with Crippen molar-refractivity contribution in [2.24, 2.45) is 0 Å². The second-order valence-corrected chi connectivity index (χ2v) is 9.52. The van der Waals surface area contributed by atoms with Gasteiger partial charge in [-0.15, -0.1) is 0 Å². The van der Waals surface area contributed by atoms with Crippen molar-refractivity contribution in [2.45, 2.75) is 19.8 Å². The summed E-state index contributed by atoms with van der Waals surface area (Å²) in [5, 5.41) is 4.04. The summed E-state index contributed by atoms with van der Waals surface area (Å²) in [6, 6.07) is 27.9. The molecule has 7 heteroatoms. The van der Waals surface area contributed by atoms with Crippen LogP contribution in [0.2, 0.25) is 5.02 Å². The van der Waals surface area contributed by atoms with Crippen molar-refractivity contribution in [3.8, 4) is 11.5 Å². The van der Waals surface area contributed by atoms with Crippen molar-refractivity contribution in [3.63, 3.8) is 0 Å². The van der Waals surface area contributed by atoms with E-state index in [4.69, 9.17) is 26.3 Å². The number of hydrogen-bond acceptors (Lipinski definition) is 6. The van der Waals surface area contributed by atoms with Gasteiger partial charge in [-0.1, -0.05) is 55.8 Å². The molecule has 4 aromatic rings. The Morgan fingerprint density at radius 2 is 1.42 bits per heavy atom. The summed E-state index contributed by atoms with van der Waals surface area (Å²) in [7, 11) is 0. The molecule has 0 spiro atoms. The summed E-state index contributed by atoms with van der Waals surface area (Å²) >= 11 is 6.36. The molecule has 0 radical (unpaired) electrons. The Morgan fingerprint density at radius 1 is 0.778 bits per heavy atom. The van der Waals surface area contributed by atoms with Crippen molar-refractivity contribution < 1.29 is 4.74 Å². The number of nitrogens with one attached hydrogen (secondary N) is 1. The first-order chi connectivity index (χ1) is 17.5. The van der Waals surface area contributed by atoms with Crippen LogP contribution in [0.15, 0.2) is 84.9 Å². The summed E-state index contributed by atoms with van der Waals surface area (Å²) in [4.78, 5) is 14.3. The first-order valence-electron chi connectivity index (χ1n) is 12.3. The molecule has 0 amide bonds. The van der Waals surface area contributed by atoms with Crippen molar-refractivity contribution in [1.82, 2.24) is 9.97 Å². The van der Waals surface area contributed by atoms with Gasteiger partial charge >= 0.3 is 0 Å². The van der Waals surface area contributed by atoms with Crippen molar-refractivity contribution in [1.29, 1.82) is 0 Å². The van der Waals surface area contributed by atoms with Gasteiger partial charge in [-0.2, -0.15) is 0 Å². The first kappa shape index (κ1) is 23.9. The monoisotopic (exact) mass is 499 g/mol. The van der Waals surface area contributed by atoms with Gasteiger partial charge in [0, 0.05) is 43.9 Å². The molecule has 5 rings (SSSR count). The Bertz CT molecular complexity index is 1290. The van der Waals surface area contributed by atoms with Gasteiger partial charge < -0.3 is 19.9 Å². The van der Waals surface area contributed by atoms with Crippen molar-refractivity contribution in [2.75, 3.05) is 41.3 Å². The third kappa shape index (κ3) is 5.71. The normalized spacial score (nSPS) is 13.7. The molecule has 1 aliphatic heterocycles. The average molecular weight is 500 g/mol. The Balaban J connectivity index is 1.26. The molecule has 0 bridgehead atoms. The van der Waals surface area contributed by atoms with Crippen LogP contribution in [0, 0.1) is 0 Å². The lowest BCUT2D eigenvalue weighted by atomic mass is 10.2. The molecular weight excluding hydrogens is 470 g/mol. The van der Waals surface area contributed by atoms with Crippen LogP contribution >= 0.6 is 11.6 Å². The molecule has 1 fully saturated rings. The molecule has 0 saturated carbocycles. The van der Waals surface area contributed by atoms with E-state index in [1.54, 1.807) is 0 Å². The van der Waals surface area contributed by atoms with E-state index < -0.39 is 0 Å². The number of benzene rings is 3. The molecule has 184 valence electrons. The summed E-state index contributed by atoms with van der Waals surface area (Å²) in [6.45, 7) is 7.80. The highest BCUT2D eigenvalue weighted by Crippen LogP contribution is 2.29. The molecule has 6 nitrogen and oxygen atoms in total. The summed E-state index contributed by atoms with van der Waals surface area (Å²) in [6.07, 6.45) is 0. The maximum atomic E-state index is 6.36. The number of halogens is 1. The highest BCUT2D eigenvalue weighted by molar-refractivity contribution is 6.33. The van der Waals surface area contributed by atoms with Gasteiger partial charge in [-0.3, -0.25) is 0 Å². The maximum absolute atomic E-state index is 6.36. The van der Waals surface area contributed by atoms with Crippen molar-refractivity contribution >= 4 is 34.6 Å². The predicted octanol–water partition coefficient (Wildman–Crippen LogP) is 7.12. The van der Waals surface area contributed by atoms with Crippen LogP contribution in [0.4, 0.5) is 23.0 Å². The van der Waals surface area contributed by atoms with Crippen LogP contribution in [-0.2, 0) is 0 Å². The van der Waals surface area contributed by atoms with E-state index >= 15 is 0 Å². The van der Waals surface area contributed by atoms with Gasteiger partial charge in [0.05, 0.1) is 10.7 Å². The summed E-state index contributed by atoms with van der Waals surface area (Å²) in [5.41, 5.74) is 2.03. The zero-order valence-electron chi connectivity index (χ0n) is 20.6. The number of ether oxygens (including phenoxy) is 1. The van der Waals surface area contributed by atoms with Crippen LogP contribution < -0.4 is 19.9 Å². The third-order valence-corrected chi connectivity index (χ3v) is 6.50. The maximum Gasteiger partial charge on any atom is 0.136 e. The van der Waals surface area contributed by atoms with Gasteiger partial charge in [-0.05, 0) is 48.5 Å². The highest BCUT2D eigenvalue weighted by Gasteiger charge is 2.20. The number of rotatable bonds is 7. The molecule has 1 aromatic heterocycles. The fraction of sp³-hybridized carbons (Fsp3) is 0.241. The SMILES string of the molecule is CC(C)c1nc(Nc2ccccc2Cl)cc(N2CCN(c3ccc(Oc4ccccc4)cc3)CC2)n1. The summed E-state index contributed by atoms with van der Waals surface area (Å²) in [5.74, 6) is 4.41. The number of piperazine rings is 1. The van der Waals surface area contributed by atoms with Crippen LogP contribution in [0.3, 0.4) is 0 Å².